The molecule has 0 saturated carbocycles. The normalized spacial score (nSPS) is 23.6. The second-order valence-electron chi connectivity index (χ2n) is 4.16. The molecule has 1 fully saturated rings. The maximum absolute atomic E-state index is 10.9. The number of carbonyl (C=O) groups excluding carboxylic acids is 1. The maximum atomic E-state index is 10.9. The van der Waals surface area contributed by atoms with E-state index in [4.69, 9.17) is 9.84 Å². The molecule has 0 radical (unpaired) electrons. The zero-order chi connectivity index (χ0) is 10.4. The van der Waals surface area contributed by atoms with Gasteiger partial charge in [-0.25, -0.2) is 0 Å². The molecule has 82 valence electrons. The zero-order valence-corrected chi connectivity index (χ0v) is 8.87. The van der Waals surface area contributed by atoms with Crippen molar-refractivity contribution in [2.45, 2.75) is 39.0 Å². The van der Waals surface area contributed by atoms with Crippen LogP contribution in [0.25, 0.3) is 0 Å². The average Bonchev–Trinajstić information content (AvgIpc) is 2.52. The Bertz CT molecular complexity index is 173. The van der Waals surface area contributed by atoms with Crippen LogP contribution in [0.3, 0.4) is 0 Å². The minimum Gasteiger partial charge on any atom is -0.465 e. The van der Waals surface area contributed by atoms with Crippen LogP contribution in [0.2, 0.25) is 0 Å². The lowest BCUT2D eigenvalue weighted by Crippen LogP contribution is -2.10. The van der Waals surface area contributed by atoms with Crippen molar-refractivity contribution in [1.29, 1.82) is 0 Å². The lowest BCUT2D eigenvalue weighted by atomic mass is 9.88. The maximum Gasteiger partial charge on any atom is 0.306 e. The Morgan fingerprint density at radius 1 is 1.57 bits per heavy atom. The van der Waals surface area contributed by atoms with E-state index in [-0.39, 0.29) is 12.6 Å². The molecule has 0 amide bonds. The van der Waals surface area contributed by atoms with Crippen molar-refractivity contribution >= 4 is 5.97 Å². The van der Waals surface area contributed by atoms with Crippen LogP contribution in [0.15, 0.2) is 0 Å². The van der Waals surface area contributed by atoms with Crippen molar-refractivity contribution in [3.05, 3.63) is 0 Å². The summed E-state index contributed by atoms with van der Waals surface area (Å²) in [6.07, 6.45) is 4.75. The molecular formula is C11H20O3. The highest BCUT2D eigenvalue weighted by molar-refractivity contribution is 5.71. The molecule has 14 heavy (non-hydrogen) atoms. The van der Waals surface area contributed by atoms with Crippen molar-refractivity contribution in [3.63, 3.8) is 0 Å². The molecule has 1 rings (SSSR count). The predicted molar refractivity (Wildman–Crippen MR) is 53.8 cm³/mol. The molecule has 1 N–H and O–H groups in total. The quantitative estimate of drug-likeness (QED) is 0.664. The summed E-state index contributed by atoms with van der Waals surface area (Å²) >= 11 is 0. The van der Waals surface area contributed by atoms with E-state index in [0.717, 1.165) is 25.7 Å². The molecule has 2 atom stereocenters. The number of aliphatic hydroxyl groups is 1. The van der Waals surface area contributed by atoms with Crippen LogP contribution < -0.4 is 0 Å². The first-order chi connectivity index (χ1) is 6.76. The second kappa shape index (κ2) is 6.02. The molecule has 0 spiro atoms. The van der Waals surface area contributed by atoms with Crippen molar-refractivity contribution in [3.8, 4) is 0 Å². The van der Waals surface area contributed by atoms with E-state index < -0.39 is 0 Å². The molecule has 1 heterocycles. The molecule has 3 heteroatoms. The number of aliphatic hydroxyl groups excluding tert-OH is 1. The molecule has 1 saturated heterocycles. The van der Waals surface area contributed by atoms with Gasteiger partial charge < -0.3 is 9.84 Å². The van der Waals surface area contributed by atoms with Gasteiger partial charge in [0.1, 0.15) is 0 Å². The number of carbonyl (C=O) groups is 1. The van der Waals surface area contributed by atoms with Gasteiger partial charge in [-0.2, -0.15) is 0 Å². The monoisotopic (exact) mass is 200 g/mol. The summed E-state index contributed by atoms with van der Waals surface area (Å²) in [5.41, 5.74) is 0. The Morgan fingerprint density at radius 2 is 2.36 bits per heavy atom. The summed E-state index contributed by atoms with van der Waals surface area (Å²) in [5, 5.41) is 8.89. The third kappa shape index (κ3) is 3.66. The number of hydrogen-bond donors (Lipinski definition) is 1. The fourth-order valence-electron chi connectivity index (χ4n) is 2.16. The van der Waals surface area contributed by atoms with Crippen molar-refractivity contribution in [1.82, 2.24) is 0 Å². The molecule has 3 nitrogen and oxygen atoms in total. The van der Waals surface area contributed by atoms with E-state index in [1.165, 1.54) is 0 Å². The van der Waals surface area contributed by atoms with Gasteiger partial charge in [-0.1, -0.05) is 19.8 Å². The van der Waals surface area contributed by atoms with Crippen LogP contribution in [-0.2, 0) is 9.53 Å². The third-order valence-corrected chi connectivity index (χ3v) is 2.84. The van der Waals surface area contributed by atoms with Gasteiger partial charge >= 0.3 is 5.97 Å². The van der Waals surface area contributed by atoms with Crippen molar-refractivity contribution < 1.29 is 14.6 Å². The Hall–Kier alpha value is -0.570. The van der Waals surface area contributed by atoms with Crippen LogP contribution in [-0.4, -0.2) is 24.3 Å². The molecule has 1 aliphatic heterocycles. The molecule has 1 unspecified atom stereocenters. The van der Waals surface area contributed by atoms with E-state index in [9.17, 15) is 4.79 Å². The summed E-state index contributed by atoms with van der Waals surface area (Å²) < 4.78 is 4.92. The van der Waals surface area contributed by atoms with E-state index in [1.54, 1.807) is 0 Å². The first kappa shape index (κ1) is 11.5. The molecule has 0 aromatic carbocycles. The highest BCUT2D eigenvalue weighted by Gasteiger charge is 2.25. The summed E-state index contributed by atoms with van der Waals surface area (Å²) in [6, 6.07) is 0. The summed E-state index contributed by atoms with van der Waals surface area (Å²) in [6.45, 7) is 3.00. The minimum absolute atomic E-state index is 0.0609. The van der Waals surface area contributed by atoms with Crippen molar-refractivity contribution in [2.75, 3.05) is 13.2 Å². The topological polar surface area (TPSA) is 46.5 Å². The summed E-state index contributed by atoms with van der Waals surface area (Å²) in [5.74, 6) is 0.893. The Balaban J connectivity index is 2.27. The molecule has 0 aromatic rings. The highest BCUT2D eigenvalue weighted by atomic mass is 16.5. The van der Waals surface area contributed by atoms with Gasteiger partial charge in [0.25, 0.3) is 0 Å². The van der Waals surface area contributed by atoms with E-state index in [2.05, 4.69) is 6.92 Å². The van der Waals surface area contributed by atoms with E-state index in [0.29, 0.717) is 24.9 Å². The second-order valence-corrected chi connectivity index (χ2v) is 4.16. The molecule has 1 aliphatic rings. The zero-order valence-electron chi connectivity index (χ0n) is 8.87. The Kier molecular flexibility index (Phi) is 4.94. The van der Waals surface area contributed by atoms with Crippen molar-refractivity contribution in [2.24, 2.45) is 11.8 Å². The predicted octanol–water partition coefficient (Wildman–Crippen LogP) is 1.74. The van der Waals surface area contributed by atoms with Crippen LogP contribution in [0, 0.1) is 11.8 Å². The third-order valence-electron chi connectivity index (χ3n) is 2.84. The van der Waals surface area contributed by atoms with Gasteiger partial charge in [0.05, 0.1) is 13.0 Å². The number of hydrogen-bond acceptors (Lipinski definition) is 3. The van der Waals surface area contributed by atoms with Crippen LogP contribution in [0.5, 0.6) is 0 Å². The van der Waals surface area contributed by atoms with Gasteiger partial charge in [-0.05, 0) is 18.8 Å². The molecule has 0 aromatic heterocycles. The SMILES string of the molecule is CCCC(CCO)C[C@@H]1COC(=O)C1. The number of ether oxygens (including phenoxy) is 1. The first-order valence-corrected chi connectivity index (χ1v) is 5.52. The summed E-state index contributed by atoms with van der Waals surface area (Å²) in [7, 11) is 0. The fourth-order valence-corrected chi connectivity index (χ4v) is 2.16. The number of cyclic esters (lactones) is 1. The minimum atomic E-state index is -0.0609. The fraction of sp³-hybridized carbons (Fsp3) is 0.909. The lowest BCUT2D eigenvalue weighted by Gasteiger charge is -2.17. The van der Waals surface area contributed by atoms with Gasteiger partial charge in [-0.3, -0.25) is 4.79 Å². The molecule has 0 aliphatic carbocycles. The Labute approximate surface area is 85.5 Å². The van der Waals surface area contributed by atoms with Gasteiger partial charge in [0, 0.05) is 12.5 Å². The van der Waals surface area contributed by atoms with Crippen LogP contribution in [0.1, 0.15) is 39.0 Å². The lowest BCUT2D eigenvalue weighted by molar-refractivity contribution is -0.137. The number of esters is 1. The number of rotatable bonds is 6. The van der Waals surface area contributed by atoms with Gasteiger partial charge in [0.15, 0.2) is 0 Å². The van der Waals surface area contributed by atoms with Gasteiger partial charge in [0.2, 0.25) is 0 Å². The van der Waals surface area contributed by atoms with Gasteiger partial charge in [-0.15, -0.1) is 0 Å². The van der Waals surface area contributed by atoms with E-state index >= 15 is 0 Å². The van der Waals surface area contributed by atoms with E-state index in [1.807, 2.05) is 0 Å². The highest BCUT2D eigenvalue weighted by Crippen LogP contribution is 2.26. The smallest absolute Gasteiger partial charge is 0.306 e. The molecular weight excluding hydrogens is 180 g/mol. The summed E-state index contributed by atoms with van der Waals surface area (Å²) in [4.78, 5) is 10.9. The van der Waals surface area contributed by atoms with Crippen LogP contribution >= 0.6 is 0 Å². The standard InChI is InChI=1S/C11H20O3/c1-2-3-9(4-5-12)6-10-7-11(13)14-8-10/h9-10,12H,2-8H2,1H3/t9?,10-/m0/s1. The van der Waals surface area contributed by atoms with Crippen LogP contribution in [0.4, 0.5) is 0 Å². The first-order valence-electron chi connectivity index (χ1n) is 5.52. The Morgan fingerprint density at radius 3 is 2.86 bits per heavy atom. The average molecular weight is 200 g/mol. The largest absolute Gasteiger partial charge is 0.465 e. The molecule has 0 bridgehead atoms.